The molecule has 0 amide bonds. The summed E-state index contributed by atoms with van der Waals surface area (Å²) in [7, 11) is 1.83. The maximum Gasteiger partial charge on any atom is 0.191 e. The van der Waals surface area contributed by atoms with Gasteiger partial charge in [0.15, 0.2) is 17.5 Å². The third-order valence-electron chi connectivity index (χ3n) is 4.44. The maximum atomic E-state index is 5.75. The Bertz CT molecular complexity index is 539. The largest absolute Gasteiger partial charge is 0.490 e. The van der Waals surface area contributed by atoms with Crippen molar-refractivity contribution in [1.29, 1.82) is 0 Å². The molecule has 126 valence electrons. The second-order valence-electron chi connectivity index (χ2n) is 6.24. The number of fused-ring (bicyclic) bond motifs is 1. The topological polar surface area (TPSA) is 54.9 Å². The average molecular weight is 317 g/mol. The van der Waals surface area contributed by atoms with Crippen LogP contribution >= 0.6 is 0 Å². The Labute approximate surface area is 138 Å². The second-order valence-corrected chi connectivity index (χ2v) is 6.24. The Morgan fingerprint density at radius 1 is 1.09 bits per heavy atom. The molecule has 5 heteroatoms. The Morgan fingerprint density at radius 3 is 2.65 bits per heavy atom. The fourth-order valence-electron chi connectivity index (χ4n) is 3.14. The van der Waals surface area contributed by atoms with Gasteiger partial charge in [-0.25, -0.2) is 0 Å². The minimum absolute atomic E-state index is 0.554. The van der Waals surface area contributed by atoms with E-state index in [9.17, 15) is 0 Å². The van der Waals surface area contributed by atoms with Gasteiger partial charge in [-0.3, -0.25) is 4.99 Å². The van der Waals surface area contributed by atoms with Crippen molar-refractivity contribution >= 4 is 5.96 Å². The molecule has 1 saturated carbocycles. The molecule has 0 saturated heterocycles. The summed E-state index contributed by atoms with van der Waals surface area (Å²) in [5.41, 5.74) is 1.17. The molecule has 1 heterocycles. The zero-order chi connectivity index (χ0) is 15.9. The first-order chi connectivity index (χ1) is 11.3. The summed E-state index contributed by atoms with van der Waals surface area (Å²) in [4.78, 5) is 4.34. The molecule has 23 heavy (non-hydrogen) atoms. The summed E-state index contributed by atoms with van der Waals surface area (Å²) in [6.07, 6.45) is 7.41. The highest BCUT2D eigenvalue weighted by Crippen LogP contribution is 2.30. The van der Waals surface area contributed by atoms with Gasteiger partial charge in [0.1, 0.15) is 0 Å². The van der Waals surface area contributed by atoms with E-state index in [4.69, 9.17) is 9.47 Å². The van der Waals surface area contributed by atoms with Crippen molar-refractivity contribution in [2.75, 3.05) is 20.3 Å². The van der Waals surface area contributed by atoms with Crippen molar-refractivity contribution in [3.63, 3.8) is 0 Å². The predicted octanol–water partition coefficient (Wildman–Crippen LogP) is 2.85. The smallest absolute Gasteiger partial charge is 0.191 e. The van der Waals surface area contributed by atoms with Gasteiger partial charge >= 0.3 is 0 Å². The van der Waals surface area contributed by atoms with Gasteiger partial charge < -0.3 is 20.1 Å². The monoisotopic (exact) mass is 317 g/mol. The minimum Gasteiger partial charge on any atom is -0.490 e. The fraction of sp³-hybridized carbons (Fsp3) is 0.611. The molecule has 0 aromatic heterocycles. The molecule has 0 unspecified atom stereocenters. The van der Waals surface area contributed by atoms with Gasteiger partial charge in [-0.15, -0.1) is 0 Å². The van der Waals surface area contributed by atoms with Crippen molar-refractivity contribution in [1.82, 2.24) is 10.6 Å². The van der Waals surface area contributed by atoms with Gasteiger partial charge in [-0.1, -0.05) is 25.3 Å². The van der Waals surface area contributed by atoms with E-state index >= 15 is 0 Å². The normalized spacial score (nSPS) is 19.1. The van der Waals surface area contributed by atoms with Crippen molar-refractivity contribution < 1.29 is 9.47 Å². The van der Waals surface area contributed by atoms with Gasteiger partial charge in [0, 0.05) is 26.1 Å². The molecule has 0 spiro atoms. The van der Waals surface area contributed by atoms with E-state index in [-0.39, 0.29) is 0 Å². The number of hydrogen-bond acceptors (Lipinski definition) is 3. The van der Waals surface area contributed by atoms with Crippen LogP contribution in [0, 0.1) is 0 Å². The number of nitrogens with zero attached hydrogens (tertiary/aromatic N) is 1. The first-order valence-electron chi connectivity index (χ1n) is 8.71. The summed E-state index contributed by atoms with van der Waals surface area (Å²) in [6, 6.07) is 6.68. The highest BCUT2D eigenvalue weighted by Gasteiger charge is 2.15. The third-order valence-corrected chi connectivity index (χ3v) is 4.44. The number of nitrogens with one attached hydrogen (secondary N) is 2. The molecular weight excluding hydrogens is 290 g/mol. The van der Waals surface area contributed by atoms with Crippen LogP contribution in [0.5, 0.6) is 11.5 Å². The lowest BCUT2D eigenvalue weighted by molar-refractivity contribution is 0.297. The van der Waals surface area contributed by atoms with Gasteiger partial charge in [-0.2, -0.15) is 0 Å². The van der Waals surface area contributed by atoms with E-state index in [1.54, 1.807) is 0 Å². The number of aliphatic imine (C=N–C) groups is 1. The first-order valence-corrected chi connectivity index (χ1v) is 8.71. The van der Waals surface area contributed by atoms with Crippen molar-refractivity contribution in [3.8, 4) is 11.5 Å². The van der Waals surface area contributed by atoms with Gasteiger partial charge in [0.2, 0.25) is 0 Å². The van der Waals surface area contributed by atoms with Crippen LogP contribution < -0.4 is 20.1 Å². The molecule has 1 aliphatic carbocycles. The van der Waals surface area contributed by atoms with Crippen LogP contribution in [0.1, 0.15) is 44.1 Å². The molecular formula is C18H27N3O2. The fourth-order valence-corrected chi connectivity index (χ4v) is 3.14. The zero-order valence-corrected chi connectivity index (χ0v) is 13.9. The highest BCUT2D eigenvalue weighted by molar-refractivity contribution is 5.80. The highest BCUT2D eigenvalue weighted by atomic mass is 16.5. The summed E-state index contributed by atoms with van der Waals surface area (Å²) in [5, 5.41) is 6.93. The SMILES string of the molecule is CN=C(NCc1ccc2c(c1)OCCCO2)NC1CCCCC1. The van der Waals surface area contributed by atoms with Crippen LogP contribution in [0.4, 0.5) is 0 Å². The molecule has 1 aromatic rings. The first kappa shape index (κ1) is 16.0. The number of hydrogen-bond donors (Lipinski definition) is 2. The summed E-state index contributed by atoms with van der Waals surface area (Å²) < 4.78 is 11.4. The molecule has 5 nitrogen and oxygen atoms in total. The summed E-state index contributed by atoms with van der Waals surface area (Å²) >= 11 is 0. The van der Waals surface area contributed by atoms with Crippen LogP contribution in [0.15, 0.2) is 23.2 Å². The number of benzene rings is 1. The van der Waals surface area contributed by atoms with Crippen LogP contribution in [-0.4, -0.2) is 32.3 Å². The molecule has 3 rings (SSSR count). The second kappa shape index (κ2) is 8.09. The lowest BCUT2D eigenvalue weighted by atomic mass is 9.96. The van der Waals surface area contributed by atoms with Crippen LogP contribution in [0.25, 0.3) is 0 Å². The Morgan fingerprint density at radius 2 is 1.87 bits per heavy atom. The number of rotatable bonds is 3. The minimum atomic E-state index is 0.554. The Balaban J connectivity index is 1.55. The van der Waals surface area contributed by atoms with E-state index in [2.05, 4.69) is 27.8 Å². The van der Waals surface area contributed by atoms with Gasteiger partial charge in [0.25, 0.3) is 0 Å². The molecule has 1 aliphatic heterocycles. The lowest BCUT2D eigenvalue weighted by Gasteiger charge is -2.25. The lowest BCUT2D eigenvalue weighted by Crippen LogP contribution is -2.43. The van der Waals surface area contributed by atoms with Crippen LogP contribution in [-0.2, 0) is 6.54 Å². The van der Waals surface area contributed by atoms with E-state index in [0.29, 0.717) is 6.04 Å². The Kier molecular flexibility index (Phi) is 5.61. The van der Waals surface area contributed by atoms with Crippen molar-refractivity contribution in [3.05, 3.63) is 23.8 Å². The molecule has 0 bridgehead atoms. The van der Waals surface area contributed by atoms with Gasteiger partial charge in [-0.05, 0) is 30.5 Å². The Hall–Kier alpha value is -1.91. The maximum absolute atomic E-state index is 5.75. The summed E-state index contributed by atoms with van der Waals surface area (Å²) in [5.74, 6) is 2.57. The average Bonchev–Trinajstić information content (AvgIpc) is 2.84. The predicted molar refractivity (Wildman–Crippen MR) is 92.3 cm³/mol. The van der Waals surface area contributed by atoms with Crippen molar-refractivity contribution in [2.24, 2.45) is 4.99 Å². The molecule has 1 fully saturated rings. The standard InChI is InChI=1S/C18H27N3O2/c1-19-18(21-15-6-3-2-4-7-15)20-13-14-8-9-16-17(12-14)23-11-5-10-22-16/h8-9,12,15H,2-7,10-11,13H2,1H3,(H2,19,20,21). The molecule has 0 atom stereocenters. The zero-order valence-electron chi connectivity index (χ0n) is 13.9. The molecule has 1 aromatic carbocycles. The molecule has 0 radical (unpaired) electrons. The van der Waals surface area contributed by atoms with E-state index in [1.165, 1.54) is 37.7 Å². The molecule has 2 aliphatic rings. The van der Waals surface area contributed by atoms with Crippen molar-refractivity contribution in [2.45, 2.75) is 51.1 Å². The van der Waals surface area contributed by atoms with E-state index in [0.717, 1.165) is 43.6 Å². The van der Waals surface area contributed by atoms with Gasteiger partial charge in [0.05, 0.1) is 13.2 Å². The van der Waals surface area contributed by atoms with Crippen LogP contribution in [0.3, 0.4) is 0 Å². The van der Waals surface area contributed by atoms with E-state index < -0.39 is 0 Å². The third kappa shape index (κ3) is 4.53. The number of guanidine groups is 1. The molecule has 2 N–H and O–H groups in total. The van der Waals surface area contributed by atoms with E-state index in [1.807, 2.05) is 13.1 Å². The van der Waals surface area contributed by atoms with Crippen LogP contribution in [0.2, 0.25) is 0 Å². The number of ether oxygens (including phenoxy) is 2. The quantitative estimate of drug-likeness (QED) is 0.665. The summed E-state index contributed by atoms with van der Waals surface area (Å²) in [6.45, 7) is 2.17.